The summed E-state index contributed by atoms with van der Waals surface area (Å²) in [6.45, 7) is 2.65. The molecule has 2 heterocycles. The van der Waals surface area contributed by atoms with Gasteiger partial charge in [-0.05, 0) is 24.4 Å². The van der Waals surface area contributed by atoms with E-state index < -0.39 is 0 Å². The van der Waals surface area contributed by atoms with Gasteiger partial charge in [-0.15, -0.1) is 11.3 Å². The zero-order valence-electron chi connectivity index (χ0n) is 11.5. The molecule has 0 radical (unpaired) electrons. The van der Waals surface area contributed by atoms with Crippen LogP contribution in [0.4, 0.5) is 5.95 Å². The third kappa shape index (κ3) is 2.81. The molecule has 5 nitrogen and oxygen atoms in total. The third-order valence-electron chi connectivity index (χ3n) is 2.97. The number of hydrogen-bond acceptors (Lipinski definition) is 6. The monoisotopic (exact) mass is 301 g/mol. The highest BCUT2D eigenvalue weighted by Crippen LogP contribution is 2.32. The van der Waals surface area contributed by atoms with E-state index >= 15 is 0 Å². The highest BCUT2D eigenvalue weighted by Gasteiger charge is 2.12. The van der Waals surface area contributed by atoms with Crippen LogP contribution >= 0.6 is 11.3 Å². The molecule has 0 amide bonds. The Balaban J connectivity index is 2.04. The number of hydrogen-bond donors (Lipinski definition) is 2. The average Bonchev–Trinajstić information content (AvgIpc) is 2.97. The van der Waals surface area contributed by atoms with Crippen LogP contribution in [-0.4, -0.2) is 21.6 Å². The van der Waals surface area contributed by atoms with Gasteiger partial charge in [0.15, 0.2) is 0 Å². The number of aromatic nitrogens is 2. The first kappa shape index (κ1) is 13.8. The SMILES string of the molecule is CCNc1nc(Oc2ccccc2CO)c2ccsc2n1. The second kappa shape index (κ2) is 6.07. The maximum atomic E-state index is 9.39. The molecule has 0 saturated carbocycles. The molecule has 21 heavy (non-hydrogen) atoms. The lowest BCUT2D eigenvalue weighted by Gasteiger charge is -2.10. The number of nitrogens with zero attached hydrogens (tertiary/aromatic N) is 2. The van der Waals surface area contributed by atoms with Gasteiger partial charge in [0.05, 0.1) is 12.0 Å². The van der Waals surface area contributed by atoms with Gasteiger partial charge in [-0.25, -0.2) is 4.98 Å². The Morgan fingerprint density at radius 1 is 1.24 bits per heavy atom. The molecule has 3 rings (SSSR count). The van der Waals surface area contributed by atoms with Crippen LogP contribution in [-0.2, 0) is 6.61 Å². The Kier molecular flexibility index (Phi) is 3.98. The van der Waals surface area contributed by atoms with Crippen molar-refractivity contribution in [3.05, 3.63) is 41.3 Å². The standard InChI is InChI=1S/C15H15N3O2S/c1-2-16-15-17-13(11-7-8-21-14(11)18-15)20-12-6-4-3-5-10(12)9-19/h3-8,19H,2,9H2,1H3,(H,16,17,18). The molecule has 0 aliphatic carbocycles. The Labute approximate surface area is 126 Å². The highest BCUT2D eigenvalue weighted by molar-refractivity contribution is 7.16. The summed E-state index contributed by atoms with van der Waals surface area (Å²) in [6.07, 6.45) is 0. The molecule has 0 fully saturated rings. The van der Waals surface area contributed by atoms with Gasteiger partial charge in [-0.1, -0.05) is 18.2 Å². The maximum absolute atomic E-state index is 9.39. The molecule has 6 heteroatoms. The molecule has 0 saturated heterocycles. The van der Waals surface area contributed by atoms with Crippen molar-refractivity contribution in [1.29, 1.82) is 0 Å². The molecule has 3 aromatic rings. The van der Waals surface area contributed by atoms with Gasteiger partial charge < -0.3 is 15.2 Å². The molecule has 0 spiro atoms. The van der Waals surface area contributed by atoms with Gasteiger partial charge in [-0.2, -0.15) is 4.98 Å². The first-order chi connectivity index (χ1) is 10.3. The molecule has 2 aromatic heterocycles. The lowest BCUT2D eigenvalue weighted by molar-refractivity contribution is 0.276. The summed E-state index contributed by atoms with van der Waals surface area (Å²) in [6, 6.07) is 9.31. The molecular weight excluding hydrogens is 286 g/mol. The van der Waals surface area contributed by atoms with E-state index in [4.69, 9.17) is 4.74 Å². The van der Waals surface area contributed by atoms with Crippen molar-refractivity contribution >= 4 is 27.5 Å². The zero-order valence-corrected chi connectivity index (χ0v) is 12.4. The van der Waals surface area contributed by atoms with E-state index in [9.17, 15) is 5.11 Å². The normalized spacial score (nSPS) is 10.8. The largest absolute Gasteiger partial charge is 0.438 e. The fourth-order valence-corrected chi connectivity index (χ4v) is 2.74. The fourth-order valence-electron chi connectivity index (χ4n) is 1.98. The first-order valence-corrected chi connectivity index (χ1v) is 7.55. The van der Waals surface area contributed by atoms with Crippen LogP contribution in [0.25, 0.3) is 10.2 Å². The number of ether oxygens (including phenoxy) is 1. The molecule has 2 N–H and O–H groups in total. The molecule has 0 unspecified atom stereocenters. The number of rotatable bonds is 5. The van der Waals surface area contributed by atoms with Crippen molar-refractivity contribution in [2.45, 2.75) is 13.5 Å². The Hall–Kier alpha value is -2.18. The number of nitrogens with one attached hydrogen (secondary N) is 1. The summed E-state index contributed by atoms with van der Waals surface area (Å²) in [5, 5.41) is 15.3. The summed E-state index contributed by atoms with van der Waals surface area (Å²) in [5.74, 6) is 1.65. The average molecular weight is 301 g/mol. The van der Waals surface area contributed by atoms with Gasteiger partial charge in [0.1, 0.15) is 10.6 Å². The number of aliphatic hydroxyl groups is 1. The van der Waals surface area contributed by atoms with Crippen LogP contribution in [0.5, 0.6) is 11.6 Å². The molecule has 1 aromatic carbocycles. The van der Waals surface area contributed by atoms with Crippen molar-refractivity contribution in [1.82, 2.24) is 9.97 Å². The predicted octanol–water partition coefficient (Wildman–Crippen LogP) is 3.41. The van der Waals surface area contributed by atoms with Gasteiger partial charge in [0, 0.05) is 12.1 Å². The third-order valence-corrected chi connectivity index (χ3v) is 3.78. The van der Waals surface area contributed by atoms with Crippen molar-refractivity contribution in [3.63, 3.8) is 0 Å². The van der Waals surface area contributed by atoms with E-state index in [0.29, 0.717) is 17.6 Å². The van der Waals surface area contributed by atoms with Crippen molar-refractivity contribution in [2.75, 3.05) is 11.9 Å². The highest BCUT2D eigenvalue weighted by atomic mass is 32.1. The lowest BCUT2D eigenvalue weighted by Crippen LogP contribution is -2.03. The maximum Gasteiger partial charge on any atom is 0.232 e. The fraction of sp³-hybridized carbons (Fsp3) is 0.200. The van der Waals surface area contributed by atoms with Gasteiger partial charge in [0.2, 0.25) is 11.8 Å². The Morgan fingerprint density at radius 3 is 2.90 bits per heavy atom. The number of thiophene rings is 1. The van der Waals surface area contributed by atoms with Crippen molar-refractivity contribution in [2.24, 2.45) is 0 Å². The minimum Gasteiger partial charge on any atom is -0.438 e. The topological polar surface area (TPSA) is 67.3 Å². The molecule has 108 valence electrons. The summed E-state index contributed by atoms with van der Waals surface area (Å²) in [7, 11) is 0. The predicted molar refractivity (Wildman–Crippen MR) is 84.0 cm³/mol. The number of aliphatic hydroxyl groups excluding tert-OH is 1. The zero-order chi connectivity index (χ0) is 14.7. The van der Waals surface area contributed by atoms with Gasteiger partial charge in [-0.3, -0.25) is 0 Å². The van der Waals surface area contributed by atoms with E-state index in [-0.39, 0.29) is 6.61 Å². The Morgan fingerprint density at radius 2 is 2.10 bits per heavy atom. The molecule has 0 aliphatic rings. The van der Waals surface area contributed by atoms with Crippen LogP contribution in [0.2, 0.25) is 0 Å². The first-order valence-electron chi connectivity index (χ1n) is 6.67. The summed E-state index contributed by atoms with van der Waals surface area (Å²) in [4.78, 5) is 9.72. The molecule has 0 atom stereocenters. The summed E-state index contributed by atoms with van der Waals surface area (Å²) < 4.78 is 5.91. The van der Waals surface area contributed by atoms with Crippen LogP contribution < -0.4 is 10.1 Å². The second-order valence-electron chi connectivity index (χ2n) is 4.39. The smallest absolute Gasteiger partial charge is 0.232 e. The van der Waals surface area contributed by atoms with Crippen LogP contribution in [0.15, 0.2) is 35.7 Å². The quantitative estimate of drug-likeness (QED) is 0.756. The van der Waals surface area contributed by atoms with Crippen LogP contribution in [0.1, 0.15) is 12.5 Å². The second-order valence-corrected chi connectivity index (χ2v) is 5.28. The molecule has 0 bridgehead atoms. The summed E-state index contributed by atoms with van der Waals surface area (Å²) >= 11 is 1.54. The van der Waals surface area contributed by atoms with Crippen molar-refractivity contribution in [3.8, 4) is 11.6 Å². The van der Waals surface area contributed by atoms with Gasteiger partial charge in [0.25, 0.3) is 0 Å². The number of anilines is 1. The summed E-state index contributed by atoms with van der Waals surface area (Å²) in [5.41, 5.74) is 0.726. The minimum atomic E-state index is -0.0753. The molecular formula is C15H15N3O2S. The Bertz CT molecular complexity index is 758. The number of para-hydroxylation sites is 1. The van der Waals surface area contributed by atoms with Crippen molar-refractivity contribution < 1.29 is 9.84 Å². The number of fused-ring (bicyclic) bond motifs is 1. The lowest BCUT2D eigenvalue weighted by atomic mass is 10.2. The van der Waals surface area contributed by atoms with E-state index in [1.807, 2.05) is 42.6 Å². The minimum absolute atomic E-state index is 0.0753. The van der Waals surface area contributed by atoms with Crippen LogP contribution in [0, 0.1) is 0 Å². The van der Waals surface area contributed by atoms with Crippen LogP contribution in [0.3, 0.4) is 0 Å². The van der Waals surface area contributed by atoms with E-state index in [1.165, 1.54) is 0 Å². The van der Waals surface area contributed by atoms with E-state index in [0.717, 1.165) is 22.3 Å². The van der Waals surface area contributed by atoms with E-state index in [1.54, 1.807) is 11.3 Å². The van der Waals surface area contributed by atoms with Gasteiger partial charge >= 0.3 is 0 Å². The number of benzene rings is 1. The van der Waals surface area contributed by atoms with E-state index in [2.05, 4.69) is 15.3 Å². The molecule has 0 aliphatic heterocycles.